The molecule has 6 nitrogen and oxygen atoms in total. The SMILES string of the molecule is Cc1ccc(OCCOC(=O)c2nn(C)c(=O)c3ccccc23)cc1. The summed E-state index contributed by atoms with van der Waals surface area (Å²) in [4.78, 5) is 24.4. The van der Waals surface area contributed by atoms with Crippen molar-refractivity contribution in [3.63, 3.8) is 0 Å². The number of nitrogens with zero attached hydrogens (tertiary/aromatic N) is 2. The summed E-state index contributed by atoms with van der Waals surface area (Å²) in [6.07, 6.45) is 0. The maximum Gasteiger partial charge on any atom is 0.359 e. The zero-order chi connectivity index (χ0) is 17.8. The summed E-state index contributed by atoms with van der Waals surface area (Å²) < 4.78 is 11.9. The minimum absolute atomic E-state index is 0.0888. The number of aromatic nitrogens is 2. The average Bonchev–Trinajstić information content (AvgIpc) is 2.63. The molecule has 0 aliphatic carbocycles. The normalized spacial score (nSPS) is 10.6. The van der Waals surface area contributed by atoms with Crippen molar-refractivity contribution < 1.29 is 14.3 Å². The third-order valence-corrected chi connectivity index (χ3v) is 3.76. The second-order valence-electron chi connectivity index (χ2n) is 5.62. The molecule has 2 aromatic carbocycles. The number of rotatable bonds is 5. The van der Waals surface area contributed by atoms with Crippen molar-refractivity contribution in [1.29, 1.82) is 0 Å². The zero-order valence-electron chi connectivity index (χ0n) is 14.1. The topological polar surface area (TPSA) is 70.4 Å². The lowest BCUT2D eigenvalue weighted by Gasteiger charge is -2.09. The predicted octanol–water partition coefficient (Wildman–Crippen LogP) is 2.48. The number of ether oxygens (including phenoxy) is 2. The van der Waals surface area contributed by atoms with E-state index in [1.807, 2.05) is 31.2 Å². The van der Waals surface area contributed by atoms with E-state index in [2.05, 4.69) is 5.10 Å². The van der Waals surface area contributed by atoms with Crippen molar-refractivity contribution in [3.8, 4) is 5.75 Å². The van der Waals surface area contributed by atoms with E-state index >= 15 is 0 Å². The van der Waals surface area contributed by atoms with Crippen LogP contribution >= 0.6 is 0 Å². The number of aryl methyl sites for hydroxylation is 2. The van der Waals surface area contributed by atoms with Gasteiger partial charge in [0.2, 0.25) is 0 Å². The van der Waals surface area contributed by atoms with Crippen LogP contribution in [0.2, 0.25) is 0 Å². The second kappa shape index (κ2) is 7.17. The van der Waals surface area contributed by atoms with Gasteiger partial charge in [0.15, 0.2) is 5.69 Å². The molecule has 0 amide bonds. The Morgan fingerprint density at radius 3 is 2.44 bits per heavy atom. The molecule has 3 aromatic rings. The summed E-state index contributed by atoms with van der Waals surface area (Å²) in [5, 5.41) is 4.95. The van der Waals surface area contributed by atoms with Crippen LogP contribution in [0.3, 0.4) is 0 Å². The molecule has 0 bridgehead atoms. The van der Waals surface area contributed by atoms with Crippen LogP contribution in [0.25, 0.3) is 10.8 Å². The van der Waals surface area contributed by atoms with E-state index < -0.39 is 5.97 Å². The number of hydrogen-bond acceptors (Lipinski definition) is 5. The summed E-state index contributed by atoms with van der Waals surface area (Å²) in [7, 11) is 1.51. The molecule has 0 atom stereocenters. The Bertz CT molecular complexity index is 961. The van der Waals surface area contributed by atoms with E-state index in [0.29, 0.717) is 16.5 Å². The first kappa shape index (κ1) is 16.7. The Kier molecular flexibility index (Phi) is 4.79. The molecule has 0 aliphatic rings. The summed E-state index contributed by atoms with van der Waals surface area (Å²) in [5.41, 5.74) is 1.01. The average molecular weight is 338 g/mol. The summed E-state index contributed by atoms with van der Waals surface area (Å²) in [5.74, 6) is 0.131. The van der Waals surface area contributed by atoms with Gasteiger partial charge in [-0.2, -0.15) is 5.10 Å². The van der Waals surface area contributed by atoms with Crippen LogP contribution < -0.4 is 10.3 Å². The molecule has 0 saturated carbocycles. The first-order valence-electron chi connectivity index (χ1n) is 7.89. The molecule has 128 valence electrons. The monoisotopic (exact) mass is 338 g/mol. The van der Waals surface area contributed by atoms with Gasteiger partial charge in [-0.05, 0) is 25.1 Å². The van der Waals surface area contributed by atoms with Gasteiger partial charge in [-0.15, -0.1) is 0 Å². The van der Waals surface area contributed by atoms with Crippen molar-refractivity contribution in [1.82, 2.24) is 9.78 Å². The van der Waals surface area contributed by atoms with Gasteiger partial charge >= 0.3 is 5.97 Å². The van der Waals surface area contributed by atoms with Crippen molar-refractivity contribution >= 4 is 16.7 Å². The molecule has 0 saturated heterocycles. The standard InChI is InChI=1S/C19H18N2O4/c1-13-7-9-14(10-8-13)24-11-12-25-19(23)17-15-5-3-4-6-16(15)18(22)21(2)20-17/h3-10H,11-12H2,1-2H3. The predicted molar refractivity (Wildman–Crippen MR) is 93.9 cm³/mol. The van der Waals surface area contributed by atoms with Gasteiger partial charge < -0.3 is 9.47 Å². The largest absolute Gasteiger partial charge is 0.490 e. The molecule has 0 aliphatic heterocycles. The molecule has 0 radical (unpaired) electrons. The fraction of sp³-hybridized carbons (Fsp3) is 0.211. The van der Waals surface area contributed by atoms with E-state index in [-0.39, 0.29) is 24.5 Å². The van der Waals surface area contributed by atoms with Gasteiger partial charge in [-0.25, -0.2) is 9.48 Å². The van der Waals surface area contributed by atoms with E-state index in [9.17, 15) is 9.59 Å². The van der Waals surface area contributed by atoms with E-state index in [1.54, 1.807) is 24.3 Å². The molecule has 0 unspecified atom stereocenters. The maximum absolute atomic E-state index is 12.3. The Labute approximate surface area is 144 Å². The lowest BCUT2D eigenvalue weighted by molar-refractivity contribution is 0.0443. The van der Waals surface area contributed by atoms with E-state index in [1.165, 1.54) is 7.05 Å². The molecular weight excluding hydrogens is 320 g/mol. The summed E-state index contributed by atoms with van der Waals surface area (Å²) in [6.45, 7) is 2.32. The van der Waals surface area contributed by atoms with Crippen molar-refractivity contribution in [2.24, 2.45) is 7.05 Å². The Morgan fingerprint density at radius 1 is 1.04 bits per heavy atom. The van der Waals surface area contributed by atoms with Crippen LogP contribution in [0.15, 0.2) is 53.3 Å². The van der Waals surface area contributed by atoms with Gasteiger partial charge in [0.1, 0.15) is 19.0 Å². The van der Waals surface area contributed by atoms with E-state index in [0.717, 1.165) is 10.2 Å². The molecule has 0 fully saturated rings. The highest BCUT2D eigenvalue weighted by molar-refractivity contribution is 6.02. The van der Waals surface area contributed by atoms with Gasteiger partial charge in [-0.1, -0.05) is 35.9 Å². The fourth-order valence-corrected chi connectivity index (χ4v) is 2.45. The highest BCUT2D eigenvalue weighted by Crippen LogP contribution is 2.14. The third-order valence-electron chi connectivity index (χ3n) is 3.76. The van der Waals surface area contributed by atoms with Gasteiger partial charge in [0.25, 0.3) is 5.56 Å². The third kappa shape index (κ3) is 3.68. The smallest absolute Gasteiger partial charge is 0.359 e. The molecule has 3 rings (SSSR count). The number of fused-ring (bicyclic) bond motifs is 1. The van der Waals surface area contributed by atoms with Crippen LogP contribution in [-0.4, -0.2) is 29.0 Å². The van der Waals surface area contributed by atoms with Crippen molar-refractivity contribution in [2.75, 3.05) is 13.2 Å². The quantitative estimate of drug-likeness (QED) is 0.528. The summed E-state index contributed by atoms with van der Waals surface area (Å²) >= 11 is 0. The minimum Gasteiger partial charge on any atom is -0.490 e. The highest BCUT2D eigenvalue weighted by Gasteiger charge is 2.16. The first-order chi connectivity index (χ1) is 12.1. The summed E-state index contributed by atoms with van der Waals surface area (Å²) in [6, 6.07) is 14.5. The van der Waals surface area contributed by atoms with Crippen LogP contribution in [0.4, 0.5) is 0 Å². The molecule has 1 aromatic heterocycles. The van der Waals surface area contributed by atoms with Crippen LogP contribution in [0, 0.1) is 6.92 Å². The molecule has 1 heterocycles. The second-order valence-corrected chi connectivity index (χ2v) is 5.62. The van der Waals surface area contributed by atoms with E-state index in [4.69, 9.17) is 9.47 Å². The lowest BCUT2D eigenvalue weighted by atomic mass is 10.1. The fourth-order valence-electron chi connectivity index (χ4n) is 2.45. The number of esters is 1. The molecule has 6 heteroatoms. The van der Waals surface area contributed by atoms with Crippen LogP contribution in [-0.2, 0) is 11.8 Å². The first-order valence-corrected chi connectivity index (χ1v) is 7.89. The van der Waals surface area contributed by atoms with Crippen molar-refractivity contribution in [3.05, 3.63) is 70.1 Å². The van der Waals surface area contributed by atoms with Crippen molar-refractivity contribution in [2.45, 2.75) is 6.92 Å². The number of carbonyl (C=O) groups is 1. The minimum atomic E-state index is -0.584. The Hall–Kier alpha value is -3.15. The van der Waals surface area contributed by atoms with Crippen LogP contribution in [0.5, 0.6) is 5.75 Å². The molecule has 0 N–H and O–H groups in total. The van der Waals surface area contributed by atoms with Gasteiger partial charge in [0, 0.05) is 12.4 Å². The van der Waals surface area contributed by atoms with Gasteiger partial charge in [-0.3, -0.25) is 4.79 Å². The number of hydrogen-bond donors (Lipinski definition) is 0. The Morgan fingerprint density at radius 2 is 1.72 bits per heavy atom. The molecule has 25 heavy (non-hydrogen) atoms. The zero-order valence-corrected chi connectivity index (χ0v) is 14.1. The van der Waals surface area contributed by atoms with Crippen LogP contribution in [0.1, 0.15) is 16.1 Å². The molecule has 0 spiro atoms. The molecular formula is C19H18N2O4. The lowest BCUT2D eigenvalue weighted by Crippen LogP contribution is -2.24. The van der Waals surface area contributed by atoms with Gasteiger partial charge in [0.05, 0.1) is 5.39 Å². The number of carbonyl (C=O) groups excluding carboxylic acids is 1. The highest BCUT2D eigenvalue weighted by atomic mass is 16.6. The number of benzene rings is 2. The Balaban J connectivity index is 1.67. The maximum atomic E-state index is 12.3.